The van der Waals surface area contributed by atoms with E-state index in [2.05, 4.69) is 25.0 Å². The smallest absolute Gasteiger partial charge is 0.406 e. The molecule has 0 atom stereocenters. The van der Waals surface area contributed by atoms with E-state index < -0.39 is 6.36 Å². The average Bonchev–Trinajstić information content (AvgIpc) is 3.52. The van der Waals surface area contributed by atoms with E-state index in [4.69, 9.17) is 0 Å². The molecule has 2 heterocycles. The molecule has 204 valence electrons. The minimum atomic E-state index is -4.75. The second-order valence-electron chi connectivity index (χ2n) is 9.07. The van der Waals surface area contributed by atoms with Gasteiger partial charge in [-0.05, 0) is 61.7 Å². The lowest BCUT2D eigenvalue weighted by molar-refractivity contribution is -0.274. The van der Waals surface area contributed by atoms with Gasteiger partial charge in [0, 0.05) is 5.56 Å². The van der Waals surface area contributed by atoms with E-state index in [-0.39, 0.29) is 11.7 Å². The number of carbonyl (C=O) groups excluding carboxylic acids is 1. The zero-order valence-electron chi connectivity index (χ0n) is 21.7. The zero-order chi connectivity index (χ0) is 28.4. The van der Waals surface area contributed by atoms with E-state index in [9.17, 15) is 18.0 Å². The van der Waals surface area contributed by atoms with Gasteiger partial charge in [0.05, 0.1) is 23.3 Å². The van der Waals surface area contributed by atoms with Crippen molar-refractivity contribution in [3.63, 3.8) is 0 Å². The summed E-state index contributed by atoms with van der Waals surface area (Å²) in [5.41, 5.74) is 6.05. The van der Waals surface area contributed by atoms with Crippen LogP contribution in [0.4, 0.5) is 18.9 Å². The second-order valence-corrected chi connectivity index (χ2v) is 10.0. The number of alkyl halides is 3. The van der Waals surface area contributed by atoms with E-state index in [0.717, 1.165) is 33.5 Å². The normalized spacial score (nSPS) is 15.0. The Morgan fingerprint density at radius 1 is 1.00 bits per heavy atom. The van der Waals surface area contributed by atoms with Crippen molar-refractivity contribution in [1.29, 1.82) is 0 Å². The molecular weight excluding hydrogens is 541 g/mol. The van der Waals surface area contributed by atoms with Gasteiger partial charge in [-0.2, -0.15) is 5.10 Å². The first-order chi connectivity index (χ1) is 19.1. The molecule has 1 fully saturated rings. The predicted octanol–water partition coefficient (Wildman–Crippen LogP) is 6.23. The first-order valence-electron chi connectivity index (χ1n) is 12.1. The molecule has 0 saturated carbocycles. The number of benzene rings is 3. The second kappa shape index (κ2) is 11.0. The monoisotopic (exact) mass is 564 g/mol. The van der Waals surface area contributed by atoms with Crippen molar-refractivity contribution < 1.29 is 22.7 Å². The van der Waals surface area contributed by atoms with Crippen LogP contribution in [0.2, 0.25) is 0 Å². The predicted molar refractivity (Wildman–Crippen MR) is 149 cm³/mol. The highest BCUT2D eigenvalue weighted by Gasteiger charge is 2.32. The van der Waals surface area contributed by atoms with Crippen molar-refractivity contribution >= 4 is 34.7 Å². The fourth-order valence-electron chi connectivity index (χ4n) is 4.36. The summed E-state index contributed by atoms with van der Waals surface area (Å²) in [5, 5.41) is 13.5. The summed E-state index contributed by atoms with van der Waals surface area (Å²) < 4.78 is 42.5. The van der Waals surface area contributed by atoms with Crippen LogP contribution in [0.5, 0.6) is 5.75 Å². The van der Waals surface area contributed by atoms with E-state index in [1.807, 2.05) is 57.2 Å². The Labute approximate surface area is 232 Å². The molecular formula is C28H23F3N6O2S. The summed E-state index contributed by atoms with van der Waals surface area (Å²) in [6.07, 6.45) is -1.67. The molecule has 4 aromatic rings. The molecule has 1 aliphatic rings. The number of amides is 1. The van der Waals surface area contributed by atoms with Gasteiger partial charge >= 0.3 is 6.36 Å². The molecule has 0 aliphatic carbocycles. The maximum Gasteiger partial charge on any atom is 0.573 e. The molecule has 1 amide bonds. The minimum Gasteiger partial charge on any atom is -0.406 e. The Balaban J connectivity index is 1.28. The third-order valence-electron chi connectivity index (χ3n) is 5.97. The number of hydrogen-bond acceptors (Lipinski definition) is 7. The highest BCUT2D eigenvalue weighted by atomic mass is 32.2. The lowest BCUT2D eigenvalue weighted by atomic mass is 10.0. The summed E-state index contributed by atoms with van der Waals surface area (Å²) >= 11 is 1.35. The molecule has 1 aliphatic heterocycles. The largest absolute Gasteiger partial charge is 0.573 e. The fourth-order valence-corrected chi connectivity index (χ4v) is 5.17. The van der Waals surface area contributed by atoms with E-state index >= 15 is 0 Å². The van der Waals surface area contributed by atoms with Crippen LogP contribution in [0.1, 0.15) is 22.3 Å². The zero-order valence-corrected chi connectivity index (χ0v) is 22.5. The standard InChI is InChI=1S/C28H23F3N6O2S/c1-17-12-18(2)25(19(3)13-17)37-24(38)15-40-27(37)34-33-14-20-4-6-21(7-5-20)26-32-16-36(35-26)22-8-10-23(11-9-22)39-28(29,30)31/h4-14,16H,15H2,1-3H3/b33-14+,34-27-. The van der Waals surface area contributed by atoms with Crippen molar-refractivity contribution in [2.24, 2.45) is 10.2 Å². The molecule has 3 aromatic carbocycles. The number of aryl methyl sites for hydroxylation is 3. The number of anilines is 1. The Hall–Kier alpha value is -4.45. The molecule has 8 nitrogen and oxygen atoms in total. The number of hydrogen-bond donors (Lipinski definition) is 0. The fraction of sp³-hybridized carbons (Fsp3) is 0.179. The number of halogens is 3. The lowest BCUT2D eigenvalue weighted by Crippen LogP contribution is -2.30. The molecule has 0 bridgehead atoms. The molecule has 1 aromatic heterocycles. The summed E-state index contributed by atoms with van der Waals surface area (Å²) in [5.74, 6) is 0.404. The van der Waals surface area contributed by atoms with Crippen LogP contribution in [-0.4, -0.2) is 44.2 Å². The Kier molecular flexibility index (Phi) is 7.44. The van der Waals surface area contributed by atoms with Crippen molar-refractivity contribution in [2.75, 3.05) is 10.7 Å². The number of amidine groups is 1. The van der Waals surface area contributed by atoms with Gasteiger partial charge in [0.2, 0.25) is 5.91 Å². The highest BCUT2D eigenvalue weighted by molar-refractivity contribution is 8.15. The summed E-state index contributed by atoms with van der Waals surface area (Å²) in [6, 6.07) is 16.8. The molecule has 0 unspecified atom stereocenters. The molecule has 5 rings (SSSR count). The van der Waals surface area contributed by atoms with E-state index in [1.165, 1.54) is 47.0 Å². The van der Waals surface area contributed by atoms with Crippen molar-refractivity contribution in [3.05, 3.63) is 89.2 Å². The van der Waals surface area contributed by atoms with Crippen LogP contribution in [0.3, 0.4) is 0 Å². The third kappa shape index (κ3) is 6.07. The SMILES string of the molecule is Cc1cc(C)c(N2C(=O)CS/C2=N\N=C\c2ccc(-c3ncn(-c4ccc(OC(F)(F)F)cc4)n3)cc2)c(C)c1. The van der Waals surface area contributed by atoms with Crippen LogP contribution in [0.15, 0.2) is 77.2 Å². The van der Waals surface area contributed by atoms with Crippen LogP contribution in [0.25, 0.3) is 17.1 Å². The van der Waals surface area contributed by atoms with Gasteiger partial charge < -0.3 is 4.74 Å². The van der Waals surface area contributed by atoms with Crippen molar-refractivity contribution in [3.8, 4) is 22.8 Å². The maximum atomic E-state index is 12.6. The van der Waals surface area contributed by atoms with Crippen LogP contribution in [0, 0.1) is 20.8 Å². The average molecular weight is 565 g/mol. The van der Waals surface area contributed by atoms with Crippen LogP contribution < -0.4 is 9.64 Å². The van der Waals surface area contributed by atoms with Gasteiger partial charge in [-0.1, -0.05) is 53.7 Å². The number of carbonyl (C=O) groups is 1. The molecule has 40 heavy (non-hydrogen) atoms. The van der Waals surface area contributed by atoms with Gasteiger partial charge in [-0.3, -0.25) is 9.69 Å². The molecule has 0 N–H and O–H groups in total. The van der Waals surface area contributed by atoms with Gasteiger partial charge in [0.25, 0.3) is 0 Å². The van der Waals surface area contributed by atoms with Gasteiger partial charge in [-0.15, -0.1) is 23.4 Å². The first kappa shape index (κ1) is 27.1. The number of aromatic nitrogens is 3. The first-order valence-corrected chi connectivity index (χ1v) is 13.1. The molecule has 0 spiro atoms. The van der Waals surface area contributed by atoms with Crippen molar-refractivity contribution in [1.82, 2.24) is 14.8 Å². The summed E-state index contributed by atoms with van der Waals surface area (Å²) in [4.78, 5) is 18.6. The van der Waals surface area contributed by atoms with Gasteiger partial charge in [-0.25, -0.2) is 9.67 Å². The number of nitrogens with zero attached hydrogens (tertiary/aromatic N) is 6. The van der Waals surface area contributed by atoms with Crippen LogP contribution in [-0.2, 0) is 4.79 Å². The van der Waals surface area contributed by atoms with Gasteiger partial charge in [0.15, 0.2) is 11.0 Å². The number of rotatable bonds is 6. The third-order valence-corrected chi connectivity index (χ3v) is 6.88. The minimum absolute atomic E-state index is 0.0316. The Bertz CT molecular complexity index is 1590. The van der Waals surface area contributed by atoms with Crippen LogP contribution >= 0.6 is 11.8 Å². The summed E-state index contributed by atoms with van der Waals surface area (Å²) in [6.45, 7) is 5.99. The molecule has 0 radical (unpaired) electrons. The Morgan fingerprint density at radius 2 is 1.68 bits per heavy atom. The summed E-state index contributed by atoms with van der Waals surface area (Å²) in [7, 11) is 0. The van der Waals surface area contributed by atoms with Crippen molar-refractivity contribution in [2.45, 2.75) is 27.1 Å². The number of thioether (sulfide) groups is 1. The maximum absolute atomic E-state index is 12.6. The molecule has 12 heteroatoms. The molecule has 1 saturated heterocycles. The highest BCUT2D eigenvalue weighted by Crippen LogP contribution is 2.33. The van der Waals surface area contributed by atoms with Gasteiger partial charge in [0.1, 0.15) is 12.1 Å². The Morgan fingerprint density at radius 3 is 2.33 bits per heavy atom. The quantitative estimate of drug-likeness (QED) is 0.205. The lowest BCUT2D eigenvalue weighted by Gasteiger charge is -2.21. The topological polar surface area (TPSA) is 85.0 Å². The number of ether oxygens (including phenoxy) is 1. The van der Waals surface area contributed by atoms with E-state index in [1.54, 1.807) is 11.1 Å². The van der Waals surface area contributed by atoms with E-state index in [0.29, 0.717) is 22.4 Å².